The predicted molar refractivity (Wildman–Crippen MR) is 64.9 cm³/mol. The topological polar surface area (TPSA) is 12.0 Å². The second kappa shape index (κ2) is 5.32. The van der Waals surface area contributed by atoms with Crippen molar-refractivity contribution in [2.75, 3.05) is 0 Å². The van der Waals surface area contributed by atoms with Crippen LogP contribution in [0.25, 0.3) is 0 Å². The summed E-state index contributed by atoms with van der Waals surface area (Å²) in [6.45, 7) is 2.27. The maximum Gasteiger partial charge on any atom is 0.0294 e. The van der Waals surface area contributed by atoms with E-state index in [1.807, 2.05) is 0 Å². The smallest absolute Gasteiger partial charge is 0.0294 e. The molecule has 1 fully saturated rings. The molecule has 0 saturated heterocycles. The average Bonchev–Trinajstić information content (AvgIpc) is 2.31. The van der Waals surface area contributed by atoms with Gasteiger partial charge in [-0.15, -0.1) is 0 Å². The highest BCUT2D eigenvalue weighted by Crippen LogP contribution is 2.21. The SMILES string of the molecule is CC(NC1CCCCC1)c1ccccc1. The molecule has 0 aliphatic heterocycles. The number of nitrogens with one attached hydrogen (secondary N) is 1. The van der Waals surface area contributed by atoms with Crippen LogP contribution in [0.5, 0.6) is 0 Å². The van der Waals surface area contributed by atoms with Crippen molar-refractivity contribution < 1.29 is 0 Å². The fraction of sp³-hybridized carbons (Fsp3) is 0.571. The van der Waals surface area contributed by atoms with Crippen molar-refractivity contribution in [3.63, 3.8) is 0 Å². The maximum absolute atomic E-state index is 3.74. The predicted octanol–water partition coefficient (Wildman–Crippen LogP) is 3.67. The summed E-state index contributed by atoms with van der Waals surface area (Å²) in [4.78, 5) is 0. The number of benzene rings is 1. The first-order chi connectivity index (χ1) is 7.36. The summed E-state index contributed by atoms with van der Waals surface area (Å²) < 4.78 is 0. The van der Waals surface area contributed by atoms with Crippen molar-refractivity contribution in [3.05, 3.63) is 35.9 Å². The van der Waals surface area contributed by atoms with Gasteiger partial charge in [-0.3, -0.25) is 0 Å². The van der Waals surface area contributed by atoms with E-state index in [0.29, 0.717) is 6.04 Å². The van der Waals surface area contributed by atoms with E-state index < -0.39 is 0 Å². The lowest BCUT2D eigenvalue weighted by molar-refractivity contribution is 0.347. The molecule has 82 valence electrons. The Morgan fingerprint density at radius 1 is 1.07 bits per heavy atom. The van der Waals surface area contributed by atoms with E-state index >= 15 is 0 Å². The van der Waals surface area contributed by atoms with Crippen LogP contribution >= 0.6 is 0 Å². The second-order valence-corrected chi connectivity index (χ2v) is 4.63. The number of rotatable bonds is 3. The monoisotopic (exact) mass is 203 g/mol. The van der Waals surface area contributed by atoms with Crippen LogP contribution in [-0.4, -0.2) is 6.04 Å². The summed E-state index contributed by atoms with van der Waals surface area (Å²) >= 11 is 0. The third-order valence-electron chi connectivity index (χ3n) is 3.39. The van der Waals surface area contributed by atoms with Gasteiger partial charge < -0.3 is 5.32 Å². The van der Waals surface area contributed by atoms with Crippen LogP contribution in [0.4, 0.5) is 0 Å². The Balaban J connectivity index is 1.88. The standard InChI is InChI=1S/C14H21N/c1-12(13-8-4-2-5-9-13)15-14-10-6-3-7-11-14/h2,4-5,8-9,12,14-15H,3,6-7,10-11H2,1H3. The molecule has 1 heteroatoms. The molecule has 0 amide bonds. The summed E-state index contributed by atoms with van der Waals surface area (Å²) in [6, 6.07) is 12.0. The molecule has 1 aliphatic rings. The van der Waals surface area contributed by atoms with Crippen LogP contribution in [0, 0.1) is 0 Å². The van der Waals surface area contributed by atoms with E-state index in [1.165, 1.54) is 37.7 Å². The average molecular weight is 203 g/mol. The molecule has 1 unspecified atom stereocenters. The summed E-state index contributed by atoms with van der Waals surface area (Å²) in [5, 5.41) is 3.74. The van der Waals surface area contributed by atoms with Crippen LogP contribution in [0.3, 0.4) is 0 Å². The number of hydrogen-bond acceptors (Lipinski definition) is 1. The zero-order chi connectivity index (χ0) is 10.5. The lowest BCUT2D eigenvalue weighted by atomic mass is 9.94. The van der Waals surface area contributed by atoms with Crippen LogP contribution in [0.15, 0.2) is 30.3 Å². The molecule has 1 saturated carbocycles. The molecule has 1 aromatic carbocycles. The molecule has 1 aliphatic carbocycles. The normalized spacial score (nSPS) is 20.1. The molecular formula is C14H21N. The zero-order valence-corrected chi connectivity index (χ0v) is 9.58. The third-order valence-corrected chi connectivity index (χ3v) is 3.39. The van der Waals surface area contributed by atoms with Crippen LogP contribution < -0.4 is 5.32 Å². The number of hydrogen-bond donors (Lipinski definition) is 1. The van der Waals surface area contributed by atoms with Gasteiger partial charge in [-0.05, 0) is 25.3 Å². The van der Waals surface area contributed by atoms with Crippen molar-refractivity contribution >= 4 is 0 Å². The highest BCUT2D eigenvalue weighted by molar-refractivity contribution is 5.18. The van der Waals surface area contributed by atoms with Gasteiger partial charge in [0.05, 0.1) is 0 Å². The molecule has 2 rings (SSSR count). The van der Waals surface area contributed by atoms with Crippen LogP contribution in [-0.2, 0) is 0 Å². The van der Waals surface area contributed by atoms with Gasteiger partial charge in [0.15, 0.2) is 0 Å². The van der Waals surface area contributed by atoms with E-state index in [0.717, 1.165) is 6.04 Å². The Hall–Kier alpha value is -0.820. The van der Waals surface area contributed by atoms with E-state index in [9.17, 15) is 0 Å². The van der Waals surface area contributed by atoms with Crippen molar-refractivity contribution in [1.29, 1.82) is 0 Å². The van der Waals surface area contributed by atoms with Gasteiger partial charge in [0, 0.05) is 12.1 Å². The van der Waals surface area contributed by atoms with Crippen molar-refractivity contribution in [3.8, 4) is 0 Å². The lowest BCUT2D eigenvalue weighted by Gasteiger charge is -2.26. The first kappa shape index (κ1) is 10.7. The molecule has 0 spiro atoms. The minimum atomic E-state index is 0.495. The molecule has 1 aromatic rings. The zero-order valence-electron chi connectivity index (χ0n) is 9.58. The molecule has 0 radical (unpaired) electrons. The fourth-order valence-electron chi connectivity index (χ4n) is 2.46. The maximum atomic E-state index is 3.74. The van der Waals surface area contributed by atoms with Gasteiger partial charge >= 0.3 is 0 Å². The van der Waals surface area contributed by atoms with Gasteiger partial charge in [0.25, 0.3) is 0 Å². The first-order valence-electron chi connectivity index (χ1n) is 6.17. The molecule has 0 heterocycles. The third kappa shape index (κ3) is 3.07. The molecule has 0 aromatic heterocycles. The highest BCUT2D eigenvalue weighted by atomic mass is 14.9. The van der Waals surface area contributed by atoms with Crippen LogP contribution in [0.2, 0.25) is 0 Å². The molecule has 1 atom stereocenters. The Kier molecular flexibility index (Phi) is 3.79. The van der Waals surface area contributed by atoms with Gasteiger partial charge in [-0.2, -0.15) is 0 Å². The first-order valence-corrected chi connectivity index (χ1v) is 6.17. The van der Waals surface area contributed by atoms with Crippen molar-refractivity contribution in [2.45, 2.75) is 51.1 Å². The highest BCUT2D eigenvalue weighted by Gasteiger charge is 2.15. The summed E-state index contributed by atoms with van der Waals surface area (Å²) in [5.41, 5.74) is 1.41. The molecule has 1 N–H and O–H groups in total. The summed E-state index contributed by atoms with van der Waals surface area (Å²) in [7, 11) is 0. The Labute approximate surface area is 92.9 Å². The van der Waals surface area contributed by atoms with E-state index in [-0.39, 0.29) is 0 Å². The quantitative estimate of drug-likeness (QED) is 0.790. The van der Waals surface area contributed by atoms with E-state index in [1.54, 1.807) is 0 Å². The molecule has 1 nitrogen and oxygen atoms in total. The van der Waals surface area contributed by atoms with E-state index in [4.69, 9.17) is 0 Å². The molecule has 15 heavy (non-hydrogen) atoms. The Bertz CT molecular complexity index is 275. The molecular weight excluding hydrogens is 182 g/mol. The second-order valence-electron chi connectivity index (χ2n) is 4.63. The fourth-order valence-corrected chi connectivity index (χ4v) is 2.46. The minimum Gasteiger partial charge on any atom is -0.307 e. The molecule has 0 bridgehead atoms. The van der Waals surface area contributed by atoms with Gasteiger partial charge in [0.2, 0.25) is 0 Å². The van der Waals surface area contributed by atoms with Crippen molar-refractivity contribution in [2.24, 2.45) is 0 Å². The largest absolute Gasteiger partial charge is 0.307 e. The van der Waals surface area contributed by atoms with Gasteiger partial charge in [0.1, 0.15) is 0 Å². The van der Waals surface area contributed by atoms with Crippen LogP contribution in [0.1, 0.15) is 50.6 Å². The van der Waals surface area contributed by atoms with Gasteiger partial charge in [-0.1, -0.05) is 49.6 Å². The summed E-state index contributed by atoms with van der Waals surface area (Å²) in [5.74, 6) is 0. The lowest BCUT2D eigenvalue weighted by Crippen LogP contribution is -2.33. The minimum absolute atomic E-state index is 0.495. The summed E-state index contributed by atoms with van der Waals surface area (Å²) in [6.07, 6.45) is 6.95. The Morgan fingerprint density at radius 3 is 2.40 bits per heavy atom. The van der Waals surface area contributed by atoms with Crippen molar-refractivity contribution in [1.82, 2.24) is 5.32 Å². The Morgan fingerprint density at radius 2 is 1.73 bits per heavy atom. The van der Waals surface area contributed by atoms with E-state index in [2.05, 4.69) is 42.6 Å². The van der Waals surface area contributed by atoms with Gasteiger partial charge in [-0.25, -0.2) is 0 Å².